The van der Waals surface area contributed by atoms with Crippen LogP contribution in [0.1, 0.15) is 22.6 Å². The van der Waals surface area contributed by atoms with Crippen LogP contribution in [0.3, 0.4) is 0 Å². The first kappa shape index (κ1) is 23.7. The average Bonchev–Trinajstić information content (AvgIpc) is 3.46. The maximum atomic E-state index is 13.0. The number of nitrogens with one attached hydrogen (secondary N) is 1. The third-order valence-corrected chi connectivity index (χ3v) is 5.91. The molecule has 0 spiro atoms. The standard InChI is InChI=1S/C27H18F6N2O/c28-26(29,30)19-10-5-16(6-11-19)24-25(17-7-12-20(13-8-17)27(31,32)33)36-23(35-24)14-9-18-15-34-22-4-2-1-3-21(18)22/h1-8,10-13,15,34H,9,14H2. The van der Waals surface area contributed by atoms with Crippen LogP contribution in [-0.2, 0) is 25.2 Å². The highest BCUT2D eigenvalue weighted by atomic mass is 19.4. The number of fused-ring (bicyclic) bond motifs is 1. The van der Waals surface area contributed by atoms with E-state index in [1.165, 1.54) is 24.3 Å². The molecule has 5 aromatic rings. The summed E-state index contributed by atoms with van der Waals surface area (Å²) in [5.41, 5.74) is 1.35. The second-order valence-corrected chi connectivity index (χ2v) is 8.30. The Morgan fingerprint density at radius 2 is 1.28 bits per heavy atom. The summed E-state index contributed by atoms with van der Waals surface area (Å²) in [4.78, 5) is 7.71. The molecule has 0 aliphatic heterocycles. The topological polar surface area (TPSA) is 41.8 Å². The van der Waals surface area contributed by atoms with E-state index in [1.54, 1.807) is 0 Å². The van der Waals surface area contributed by atoms with Gasteiger partial charge in [0.15, 0.2) is 11.7 Å². The number of nitrogens with zero attached hydrogens (tertiary/aromatic N) is 1. The molecule has 0 saturated heterocycles. The summed E-state index contributed by atoms with van der Waals surface area (Å²) in [6, 6.07) is 16.6. The van der Waals surface area contributed by atoms with Crippen molar-refractivity contribution in [3.05, 3.63) is 102 Å². The molecule has 3 nitrogen and oxygen atoms in total. The lowest BCUT2D eigenvalue weighted by Crippen LogP contribution is -2.04. The number of oxazole rings is 1. The predicted octanol–water partition coefficient (Wildman–Crippen LogP) is 8.31. The molecular formula is C27H18F6N2O. The van der Waals surface area contributed by atoms with E-state index < -0.39 is 23.5 Å². The summed E-state index contributed by atoms with van der Waals surface area (Å²) < 4.78 is 84.1. The highest BCUT2D eigenvalue weighted by Crippen LogP contribution is 2.37. The number of rotatable bonds is 5. The maximum absolute atomic E-state index is 13.0. The number of aromatic nitrogens is 2. The summed E-state index contributed by atoms with van der Waals surface area (Å²) in [5, 5.41) is 1.05. The summed E-state index contributed by atoms with van der Waals surface area (Å²) in [7, 11) is 0. The molecule has 9 heteroatoms. The van der Waals surface area contributed by atoms with Crippen LogP contribution in [0.2, 0.25) is 0 Å². The van der Waals surface area contributed by atoms with Gasteiger partial charge in [0.05, 0.1) is 11.1 Å². The molecule has 2 heterocycles. The minimum absolute atomic E-state index is 0.192. The molecule has 0 saturated carbocycles. The van der Waals surface area contributed by atoms with E-state index >= 15 is 0 Å². The number of hydrogen-bond acceptors (Lipinski definition) is 2. The number of aromatic amines is 1. The third-order valence-electron chi connectivity index (χ3n) is 5.91. The normalized spacial score (nSPS) is 12.4. The first-order valence-corrected chi connectivity index (χ1v) is 11.0. The number of H-pyrrole nitrogens is 1. The van der Waals surface area contributed by atoms with Gasteiger partial charge in [-0.3, -0.25) is 0 Å². The molecule has 0 bridgehead atoms. The van der Waals surface area contributed by atoms with E-state index in [-0.39, 0.29) is 11.5 Å². The molecule has 1 N–H and O–H groups in total. The molecule has 3 aromatic carbocycles. The molecule has 2 aromatic heterocycles. The zero-order valence-corrected chi connectivity index (χ0v) is 18.5. The molecule has 36 heavy (non-hydrogen) atoms. The largest absolute Gasteiger partial charge is 0.440 e. The van der Waals surface area contributed by atoms with E-state index in [2.05, 4.69) is 9.97 Å². The van der Waals surface area contributed by atoms with Crippen molar-refractivity contribution in [2.45, 2.75) is 25.2 Å². The minimum Gasteiger partial charge on any atom is -0.440 e. The Bertz CT molecular complexity index is 1420. The van der Waals surface area contributed by atoms with Crippen molar-refractivity contribution in [3.8, 4) is 22.6 Å². The molecule has 0 unspecified atom stereocenters. The van der Waals surface area contributed by atoms with E-state index in [9.17, 15) is 26.3 Å². The van der Waals surface area contributed by atoms with Gasteiger partial charge in [-0.25, -0.2) is 4.98 Å². The first-order chi connectivity index (χ1) is 17.1. The van der Waals surface area contributed by atoms with Gasteiger partial charge in [0.25, 0.3) is 0 Å². The van der Waals surface area contributed by atoms with Crippen LogP contribution in [0.25, 0.3) is 33.5 Å². The van der Waals surface area contributed by atoms with E-state index in [4.69, 9.17) is 4.42 Å². The first-order valence-electron chi connectivity index (χ1n) is 11.0. The Labute approximate surface area is 201 Å². The Morgan fingerprint density at radius 3 is 1.89 bits per heavy atom. The quantitative estimate of drug-likeness (QED) is 0.247. The van der Waals surface area contributed by atoms with Crippen molar-refractivity contribution >= 4 is 10.9 Å². The fourth-order valence-electron chi connectivity index (χ4n) is 4.07. The Morgan fingerprint density at radius 1 is 0.694 bits per heavy atom. The molecule has 0 aliphatic rings. The van der Waals surface area contributed by atoms with Gasteiger partial charge >= 0.3 is 12.4 Å². The van der Waals surface area contributed by atoms with Gasteiger partial charge in [-0.1, -0.05) is 42.5 Å². The van der Waals surface area contributed by atoms with Crippen molar-refractivity contribution in [1.29, 1.82) is 0 Å². The lowest BCUT2D eigenvalue weighted by Gasteiger charge is -2.08. The Balaban J connectivity index is 1.50. The van der Waals surface area contributed by atoms with Gasteiger partial charge in [0.1, 0.15) is 5.69 Å². The summed E-state index contributed by atoms with van der Waals surface area (Å²) in [6.45, 7) is 0. The lowest BCUT2D eigenvalue weighted by atomic mass is 10.0. The van der Waals surface area contributed by atoms with Gasteiger partial charge in [0, 0.05) is 34.6 Å². The van der Waals surface area contributed by atoms with Gasteiger partial charge in [-0.15, -0.1) is 0 Å². The van der Waals surface area contributed by atoms with E-state index in [0.717, 1.165) is 40.7 Å². The van der Waals surface area contributed by atoms with Crippen LogP contribution >= 0.6 is 0 Å². The highest BCUT2D eigenvalue weighted by Gasteiger charge is 2.31. The zero-order valence-electron chi connectivity index (χ0n) is 18.5. The van der Waals surface area contributed by atoms with Crippen LogP contribution in [-0.4, -0.2) is 9.97 Å². The van der Waals surface area contributed by atoms with Crippen molar-refractivity contribution in [2.24, 2.45) is 0 Å². The van der Waals surface area contributed by atoms with Crippen LogP contribution < -0.4 is 0 Å². The smallest absolute Gasteiger partial charge is 0.416 e. The van der Waals surface area contributed by atoms with E-state index in [0.29, 0.717) is 29.9 Å². The molecular weight excluding hydrogens is 482 g/mol. The monoisotopic (exact) mass is 500 g/mol. The van der Waals surface area contributed by atoms with Gasteiger partial charge in [0.2, 0.25) is 0 Å². The second-order valence-electron chi connectivity index (χ2n) is 8.30. The molecule has 0 atom stereocenters. The summed E-state index contributed by atoms with van der Waals surface area (Å²) in [5.74, 6) is 0.516. The SMILES string of the molecule is FC(F)(F)c1ccc(-c2nc(CCc3c[nH]c4ccccc34)oc2-c2ccc(C(F)(F)F)cc2)cc1. The molecule has 0 amide bonds. The van der Waals surface area contributed by atoms with Crippen LogP contribution in [0.5, 0.6) is 0 Å². The molecule has 184 valence electrons. The third kappa shape index (κ3) is 4.73. The van der Waals surface area contributed by atoms with Crippen molar-refractivity contribution in [1.82, 2.24) is 9.97 Å². The average molecular weight is 500 g/mol. The number of halogens is 6. The number of alkyl halides is 6. The molecule has 0 fully saturated rings. The summed E-state index contributed by atoms with van der Waals surface area (Å²) in [6.07, 6.45) is -6.15. The van der Waals surface area contributed by atoms with Crippen LogP contribution in [0.4, 0.5) is 26.3 Å². The summed E-state index contributed by atoms with van der Waals surface area (Å²) >= 11 is 0. The van der Waals surface area contributed by atoms with Gasteiger partial charge < -0.3 is 9.40 Å². The van der Waals surface area contributed by atoms with Crippen molar-refractivity contribution < 1.29 is 30.8 Å². The van der Waals surface area contributed by atoms with Crippen molar-refractivity contribution in [3.63, 3.8) is 0 Å². The van der Waals surface area contributed by atoms with Gasteiger partial charge in [-0.05, 0) is 42.3 Å². The number of hydrogen-bond donors (Lipinski definition) is 1. The van der Waals surface area contributed by atoms with Crippen LogP contribution in [0, 0.1) is 0 Å². The Kier molecular flexibility index (Phi) is 5.86. The van der Waals surface area contributed by atoms with Gasteiger partial charge in [-0.2, -0.15) is 26.3 Å². The lowest BCUT2D eigenvalue weighted by molar-refractivity contribution is -0.138. The second kappa shape index (κ2) is 8.89. The van der Waals surface area contributed by atoms with Crippen molar-refractivity contribution in [2.75, 3.05) is 0 Å². The highest BCUT2D eigenvalue weighted by molar-refractivity contribution is 5.83. The van der Waals surface area contributed by atoms with E-state index in [1.807, 2.05) is 30.5 Å². The number of para-hydroxylation sites is 1. The Hall–Kier alpha value is -4.01. The molecule has 5 rings (SSSR count). The fraction of sp³-hybridized carbons (Fsp3) is 0.148. The number of benzene rings is 3. The zero-order chi connectivity index (χ0) is 25.5. The molecule has 0 aliphatic carbocycles. The maximum Gasteiger partial charge on any atom is 0.416 e. The fourth-order valence-corrected chi connectivity index (χ4v) is 4.07. The minimum atomic E-state index is -4.50. The number of aryl methyl sites for hydroxylation is 2. The molecule has 0 radical (unpaired) electrons. The van der Waals surface area contributed by atoms with Crippen LogP contribution in [0.15, 0.2) is 83.4 Å². The predicted molar refractivity (Wildman–Crippen MR) is 123 cm³/mol.